The molecule has 2 heterocycles. The van der Waals surface area contributed by atoms with Crippen molar-refractivity contribution < 1.29 is 0 Å². The van der Waals surface area contributed by atoms with Gasteiger partial charge in [-0.3, -0.25) is 4.79 Å². The van der Waals surface area contributed by atoms with Gasteiger partial charge in [-0.2, -0.15) is 0 Å². The molecule has 1 aromatic heterocycles. The monoisotopic (exact) mass is 361 g/mol. The molecule has 1 aliphatic rings. The van der Waals surface area contributed by atoms with Crippen molar-refractivity contribution in [2.24, 2.45) is 0 Å². The quantitative estimate of drug-likeness (QED) is 0.705. The molecule has 1 fully saturated rings. The Kier molecular flexibility index (Phi) is 4.88. The van der Waals surface area contributed by atoms with Gasteiger partial charge in [0.2, 0.25) is 0 Å². The molecular weight excluding hydrogens is 334 g/mol. The number of aromatic amines is 1. The number of fused-ring (bicyclic) bond motifs is 1. The van der Waals surface area contributed by atoms with E-state index in [9.17, 15) is 4.79 Å². The first kappa shape index (κ1) is 17.7. The lowest BCUT2D eigenvalue weighted by molar-refractivity contribution is 0.578. The number of rotatable bonds is 4. The van der Waals surface area contributed by atoms with Crippen LogP contribution in [0.2, 0.25) is 0 Å². The Morgan fingerprint density at radius 1 is 0.963 bits per heavy atom. The molecule has 0 amide bonds. The van der Waals surface area contributed by atoms with Crippen LogP contribution in [0.15, 0.2) is 47.3 Å². The Hall–Kier alpha value is -2.75. The van der Waals surface area contributed by atoms with E-state index in [2.05, 4.69) is 58.5 Å². The Bertz CT molecular complexity index is 999. The molecule has 0 radical (unpaired) electrons. The minimum absolute atomic E-state index is 0.0198. The van der Waals surface area contributed by atoms with E-state index in [1.807, 2.05) is 13.0 Å². The molecule has 3 aromatic rings. The molecule has 4 rings (SSSR count). The molecule has 140 valence electrons. The summed E-state index contributed by atoms with van der Waals surface area (Å²) in [5.74, 6) is 0. The van der Waals surface area contributed by atoms with Crippen molar-refractivity contribution in [2.45, 2.75) is 39.7 Å². The predicted octanol–water partition coefficient (Wildman–Crippen LogP) is 4.75. The summed E-state index contributed by atoms with van der Waals surface area (Å²) in [5, 5.41) is 4.51. The first-order chi connectivity index (χ1) is 13.1. The second kappa shape index (κ2) is 7.47. The Labute approximate surface area is 160 Å². The van der Waals surface area contributed by atoms with E-state index in [0.717, 1.165) is 40.8 Å². The molecule has 0 atom stereocenters. The molecule has 1 aliphatic heterocycles. The van der Waals surface area contributed by atoms with Gasteiger partial charge in [-0.15, -0.1) is 0 Å². The van der Waals surface area contributed by atoms with E-state index in [0.29, 0.717) is 6.54 Å². The fourth-order valence-corrected chi connectivity index (χ4v) is 3.89. The zero-order valence-electron chi connectivity index (χ0n) is 16.1. The molecule has 0 spiro atoms. The molecular formula is C23H27N3O. The van der Waals surface area contributed by atoms with Gasteiger partial charge in [0.15, 0.2) is 0 Å². The van der Waals surface area contributed by atoms with Crippen molar-refractivity contribution in [3.63, 3.8) is 0 Å². The maximum Gasteiger partial charge on any atom is 0.253 e. The smallest absolute Gasteiger partial charge is 0.253 e. The summed E-state index contributed by atoms with van der Waals surface area (Å²) < 4.78 is 0. The molecule has 2 N–H and O–H groups in total. The third kappa shape index (κ3) is 3.70. The average Bonchev–Trinajstić information content (AvgIpc) is 2.71. The third-order valence-electron chi connectivity index (χ3n) is 5.59. The fraction of sp³-hybridized carbons (Fsp3) is 0.348. The number of aryl methyl sites for hydroxylation is 2. The van der Waals surface area contributed by atoms with Gasteiger partial charge in [0.1, 0.15) is 0 Å². The number of anilines is 2. The number of hydrogen-bond donors (Lipinski definition) is 2. The molecule has 1 saturated heterocycles. The third-order valence-corrected chi connectivity index (χ3v) is 5.59. The minimum Gasteiger partial charge on any atom is -0.381 e. The van der Waals surface area contributed by atoms with Crippen molar-refractivity contribution in [1.82, 2.24) is 4.98 Å². The summed E-state index contributed by atoms with van der Waals surface area (Å²) in [6.45, 7) is 6.92. The van der Waals surface area contributed by atoms with Gasteiger partial charge in [-0.05, 0) is 74.6 Å². The van der Waals surface area contributed by atoms with Crippen molar-refractivity contribution in [2.75, 3.05) is 23.3 Å². The van der Waals surface area contributed by atoms with E-state index >= 15 is 0 Å². The van der Waals surface area contributed by atoms with Gasteiger partial charge in [0.25, 0.3) is 5.56 Å². The number of nitrogens with one attached hydrogen (secondary N) is 2. The Balaban J connectivity index is 1.50. The van der Waals surface area contributed by atoms with Crippen LogP contribution in [-0.4, -0.2) is 18.1 Å². The van der Waals surface area contributed by atoms with Gasteiger partial charge in [0, 0.05) is 42.0 Å². The topological polar surface area (TPSA) is 48.1 Å². The minimum atomic E-state index is -0.0198. The van der Waals surface area contributed by atoms with Crippen molar-refractivity contribution in [3.8, 4) is 0 Å². The van der Waals surface area contributed by atoms with Crippen LogP contribution >= 0.6 is 0 Å². The van der Waals surface area contributed by atoms with Gasteiger partial charge >= 0.3 is 0 Å². The normalized spacial score (nSPS) is 14.5. The molecule has 27 heavy (non-hydrogen) atoms. The molecule has 2 aromatic carbocycles. The van der Waals surface area contributed by atoms with Crippen molar-refractivity contribution in [1.29, 1.82) is 0 Å². The SMILES string of the molecule is Cc1ccc(C)c2[nH]c(=O)c(CNc3ccc(N4CCCCC4)cc3)cc12. The highest BCUT2D eigenvalue weighted by atomic mass is 16.1. The summed E-state index contributed by atoms with van der Waals surface area (Å²) in [4.78, 5) is 18.0. The second-order valence-corrected chi connectivity index (χ2v) is 7.56. The zero-order valence-corrected chi connectivity index (χ0v) is 16.1. The Morgan fingerprint density at radius 3 is 2.41 bits per heavy atom. The lowest BCUT2D eigenvalue weighted by atomic mass is 10.0. The number of piperidine rings is 1. The van der Waals surface area contributed by atoms with Crippen LogP contribution in [0.1, 0.15) is 36.0 Å². The molecule has 0 unspecified atom stereocenters. The maximum atomic E-state index is 12.5. The first-order valence-corrected chi connectivity index (χ1v) is 9.83. The van der Waals surface area contributed by atoms with Crippen LogP contribution in [0.5, 0.6) is 0 Å². The molecule has 4 nitrogen and oxygen atoms in total. The summed E-state index contributed by atoms with van der Waals surface area (Å²) >= 11 is 0. The number of pyridine rings is 1. The summed E-state index contributed by atoms with van der Waals surface area (Å²) in [6, 6.07) is 14.7. The van der Waals surface area contributed by atoms with Crippen LogP contribution in [0.3, 0.4) is 0 Å². The van der Waals surface area contributed by atoms with Gasteiger partial charge in [-0.1, -0.05) is 12.1 Å². The van der Waals surface area contributed by atoms with Crippen LogP contribution < -0.4 is 15.8 Å². The Morgan fingerprint density at radius 2 is 1.67 bits per heavy atom. The van der Waals surface area contributed by atoms with Gasteiger partial charge in [0.05, 0.1) is 5.52 Å². The summed E-state index contributed by atoms with van der Waals surface area (Å²) in [6.07, 6.45) is 3.91. The van der Waals surface area contributed by atoms with E-state index in [1.54, 1.807) is 0 Å². The maximum absolute atomic E-state index is 12.5. The number of H-pyrrole nitrogens is 1. The highest BCUT2D eigenvalue weighted by Gasteiger charge is 2.11. The van der Waals surface area contributed by atoms with E-state index in [-0.39, 0.29) is 5.56 Å². The van der Waals surface area contributed by atoms with E-state index in [1.165, 1.54) is 30.5 Å². The van der Waals surface area contributed by atoms with Gasteiger partial charge < -0.3 is 15.2 Å². The average molecular weight is 361 g/mol. The van der Waals surface area contributed by atoms with Crippen LogP contribution in [-0.2, 0) is 6.54 Å². The number of nitrogens with zero attached hydrogens (tertiary/aromatic N) is 1. The summed E-state index contributed by atoms with van der Waals surface area (Å²) in [5.41, 5.74) is 6.28. The molecule has 0 bridgehead atoms. The highest BCUT2D eigenvalue weighted by Crippen LogP contribution is 2.23. The lowest BCUT2D eigenvalue weighted by Gasteiger charge is -2.28. The van der Waals surface area contributed by atoms with Crippen LogP contribution in [0.25, 0.3) is 10.9 Å². The first-order valence-electron chi connectivity index (χ1n) is 9.83. The zero-order chi connectivity index (χ0) is 18.8. The molecule has 0 aliphatic carbocycles. The number of aromatic nitrogens is 1. The fourth-order valence-electron chi connectivity index (χ4n) is 3.89. The number of benzene rings is 2. The van der Waals surface area contributed by atoms with E-state index in [4.69, 9.17) is 0 Å². The standard InChI is InChI=1S/C23H27N3O/c1-16-6-7-17(2)22-21(16)14-18(23(27)25-22)15-24-19-8-10-20(11-9-19)26-12-4-3-5-13-26/h6-11,14,24H,3-5,12-13,15H2,1-2H3,(H,25,27). The van der Waals surface area contributed by atoms with Crippen LogP contribution in [0, 0.1) is 13.8 Å². The molecule has 0 saturated carbocycles. The second-order valence-electron chi connectivity index (χ2n) is 7.56. The van der Waals surface area contributed by atoms with Crippen LogP contribution in [0.4, 0.5) is 11.4 Å². The largest absolute Gasteiger partial charge is 0.381 e. The predicted molar refractivity (Wildman–Crippen MR) is 114 cm³/mol. The van der Waals surface area contributed by atoms with Crippen molar-refractivity contribution in [3.05, 3.63) is 69.5 Å². The summed E-state index contributed by atoms with van der Waals surface area (Å²) in [7, 11) is 0. The van der Waals surface area contributed by atoms with E-state index < -0.39 is 0 Å². The van der Waals surface area contributed by atoms with Gasteiger partial charge in [-0.25, -0.2) is 0 Å². The number of hydrogen-bond acceptors (Lipinski definition) is 3. The molecule has 4 heteroatoms. The lowest BCUT2D eigenvalue weighted by Crippen LogP contribution is -2.29. The van der Waals surface area contributed by atoms with Crippen molar-refractivity contribution >= 4 is 22.3 Å². The highest BCUT2D eigenvalue weighted by molar-refractivity contribution is 5.85.